The van der Waals surface area contributed by atoms with Gasteiger partial charge in [0.25, 0.3) is 10.0 Å². The Bertz CT molecular complexity index is 1270. The highest BCUT2D eigenvalue weighted by atomic mass is 32.2. The summed E-state index contributed by atoms with van der Waals surface area (Å²) in [7, 11) is -3.81. The number of nitrogens with one attached hydrogen (secondary N) is 3. The summed E-state index contributed by atoms with van der Waals surface area (Å²) in [5.41, 5.74) is 1.07. The van der Waals surface area contributed by atoms with Crippen molar-refractivity contribution in [2.24, 2.45) is 0 Å². The fourth-order valence-corrected chi connectivity index (χ4v) is 3.72. The van der Waals surface area contributed by atoms with E-state index < -0.39 is 15.8 Å². The highest BCUT2D eigenvalue weighted by molar-refractivity contribution is 7.92. The number of rotatable bonds is 7. The minimum Gasteiger partial charge on any atom is -0.340 e. The van der Waals surface area contributed by atoms with Gasteiger partial charge in [-0.2, -0.15) is 0 Å². The Kier molecular flexibility index (Phi) is 5.72. The van der Waals surface area contributed by atoms with Gasteiger partial charge in [-0.3, -0.25) is 4.72 Å². The molecular formula is C21H17FN6O2S. The SMILES string of the molecule is O=S(=O)(Nc1ccc(Nc2cc(Nc3ccccn3)ncn2)cc1)c1ccc(F)cc1. The van der Waals surface area contributed by atoms with Gasteiger partial charge < -0.3 is 10.6 Å². The van der Waals surface area contributed by atoms with Crippen LogP contribution in [-0.4, -0.2) is 23.4 Å². The van der Waals surface area contributed by atoms with Crippen molar-refractivity contribution >= 4 is 38.9 Å². The predicted molar refractivity (Wildman–Crippen MR) is 116 cm³/mol. The van der Waals surface area contributed by atoms with Crippen molar-refractivity contribution in [1.29, 1.82) is 0 Å². The molecule has 0 aliphatic rings. The predicted octanol–water partition coefficient (Wildman–Crippen LogP) is 4.30. The van der Waals surface area contributed by atoms with Gasteiger partial charge in [-0.1, -0.05) is 6.07 Å². The van der Waals surface area contributed by atoms with E-state index in [1.807, 2.05) is 18.2 Å². The second-order valence-corrected chi connectivity index (χ2v) is 8.07. The lowest BCUT2D eigenvalue weighted by Gasteiger charge is -2.10. The molecule has 3 N–H and O–H groups in total. The molecule has 0 radical (unpaired) electrons. The first-order valence-electron chi connectivity index (χ1n) is 9.13. The lowest BCUT2D eigenvalue weighted by molar-refractivity contribution is 0.599. The van der Waals surface area contributed by atoms with Gasteiger partial charge in [0.2, 0.25) is 0 Å². The van der Waals surface area contributed by atoms with Crippen LogP contribution in [0.1, 0.15) is 0 Å². The zero-order chi connectivity index (χ0) is 21.7. The van der Waals surface area contributed by atoms with E-state index in [4.69, 9.17) is 0 Å². The Hall–Kier alpha value is -4.05. The van der Waals surface area contributed by atoms with Crippen LogP contribution in [0.15, 0.2) is 90.2 Å². The van der Waals surface area contributed by atoms with Crippen LogP contribution in [0.5, 0.6) is 0 Å². The van der Waals surface area contributed by atoms with Gasteiger partial charge in [0, 0.05) is 23.6 Å². The lowest BCUT2D eigenvalue weighted by Crippen LogP contribution is -2.12. The summed E-state index contributed by atoms with van der Waals surface area (Å²) in [6.45, 7) is 0. The molecular weight excluding hydrogens is 419 g/mol. The molecule has 0 fully saturated rings. The van der Waals surface area contributed by atoms with Crippen LogP contribution < -0.4 is 15.4 Å². The van der Waals surface area contributed by atoms with E-state index in [0.717, 1.165) is 12.1 Å². The third-order valence-electron chi connectivity index (χ3n) is 4.12. The van der Waals surface area contributed by atoms with Crippen LogP contribution in [0, 0.1) is 5.82 Å². The molecule has 0 saturated carbocycles. The Morgan fingerprint density at radius 3 is 2.06 bits per heavy atom. The first-order chi connectivity index (χ1) is 15.0. The highest BCUT2D eigenvalue weighted by Gasteiger charge is 2.14. The monoisotopic (exact) mass is 436 g/mol. The van der Waals surface area contributed by atoms with E-state index in [9.17, 15) is 12.8 Å². The van der Waals surface area contributed by atoms with Crippen molar-refractivity contribution in [2.75, 3.05) is 15.4 Å². The van der Waals surface area contributed by atoms with Crippen LogP contribution >= 0.6 is 0 Å². The van der Waals surface area contributed by atoms with Crippen LogP contribution in [0.2, 0.25) is 0 Å². The number of anilines is 5. The molecule has 156 valence electrons. The summed E-state index contributed by atoms with van der Waals surface area (Å²) in [4.78, 5) is 12.5. The summed E-state index contributed by atoms with van der Waals surface area (Å²) < 4.78 is 40.3. The van der Waals surface area contributed by atoms with Crippen LogP contribution in [0.25, 0.3) is 0 Å². The molecule has 2 aromatic heterocycles. The van der Waals surface area contributed by atoms with Crippen molar-refractivity contribution in [1.82, 2.24) is 15.0 Å². The minimum absolute atomic E-state index is 0.0231. The second-order valence-electron chi connectivity index (χ2n) is 6.39. The van der Waals surface area contributed by atoms with E-state index in [1.165, 1.54) is 18.5 Å². The van der Waals surface area contributed by atoms with Gasteiger partial charge in [-0.25, -0.2) is 27.8 Å². The Morgan fingerprint density at radius 2 is 1.39 bits per heavy atom. The first-order valence-corrected chi connectivity index (χ1v) is 10.6. The Morgan fingerprint density at radius 1 is 0.710 bits per heavy atom. The number of benzene rings is 2. The van der Waals surface area contributed by atoms with Gasteiger partial charge in [0.15, 0.2) is 0 Å². The molecule has 2 heterocycles. The zero-order valence-electron chi connectivity index (χ0n) is 16.0. The van der Waals surface area contributed by atoms with Crippen molar-refractivity contribution < 1.29 is 12.8 Å². The number of hydrogen-bond acceptors (Lipinski definition) is 7. The maximum atomic E-state index is 13.0. The molecule has 0 amide bonds. The van der Waals surface area contributed by atoms with Crippen LogP contribution in [0.4, 0.5) is 33.2 Å². The average molecular weight is 436 g/mol. The lowest BCUT2D eigenvalue weighted by atomic mass is 10.3. The molecule has 4 aromatic rings. The normalized spacial score (nSPS) is 11.0. The van der Waals surface area contributed by atoms with E-state index in [-0.39, 0.29) is 4.90 Å². The molecule has 0 aliphatic carbocycles. The molecule has 8 nitrogen and oxygen atoms in total. The molecule has 10 heteroatoms. The van der Waals surface area contributed by atoms with Gasteiger partial charge in [0.1, 0.15) is 29.6 Å². The quantitative estimate of drug-likeness (QED) is 0.396. The molecule has 0 unspecified atom stereocenters. The van der Waals surface area contributed by atoms with E-state index in [0.29, 0.717) is 28.8 Å². The number of aromatic nitrogens is 3. The summed E-state index contributed by atoms with van der Waals surface area (Å²) >= 11 is 0. The maximum absolute atomic E-state index is 13.0. The van der Waals surface area contributed by atoms with Gasteiger partial charge >= 0.3 is 0 Å². The molecule has 31 heavy (non-hydrogen) atoms. The number of nitrogens with zero attached hydrogens (tertiary/aromatic N) is 3. The third kappa shape index (κ3) is 5.31. The molecule has 2 aromatic carbocycles. The summed E-state index contributed by atoms with van der Waals surface area (Å²) in [6.07, 6.45) is 3.09. The fourth-order valence-electron chi connectivity index (χ4n) is 2.66. The standard InChI is InChI=1S/C21H17FN6O2S/c22-15-4-10-18(11-5-15)31(29,30)28-17-8-6-16(7-9-17)26-20-13-21(25-14-24-20)27-19-3-1-2-12-23-19/h1-14,28H,(H2,23,24,25,26,27). The van der Waals surface area contributed by atoms with Gasteiger partial charge in [-0.15, -0.1) is 0 Å². The third-order valence-corrected chi connectivity index (χ3v) is 5.52. The average Bonchev–Trinajstić information content (AvgIpc) is 2.76. The highest BCUT2D eigenvalue weighted by Crippen LogP contribution is 2.22. The molecule has 0 atom stereocenters. The minimum atomic E-state index is -3.81. The number of hydrogen-bond donors (Lipinski definition) is 3. The van der Waals surface area contributed by atoms with Crippen LogP contribution in [0.3, 0.4) is 0 Å². The second kappa shape index (κ2) is 8.76. The van der Waals surface area contributed by atoms with Crippen molar-refractivity contribution in [2.45, 2.75) is 4.90 Å². The zero-order valence-corrected chi connectivity index (χ0v) is 16.8. The Balaban J connectivity index is 1.43. The van der Waals surface area contributed by atoms with Crippen molar-refractivity contribution in [3.63, 3.8) is 0 Å². The van der Waals surface area contributed by atoms with Gasteiger partial charge in [0.05, 0.1) is 4.90 Å². The molecule has 0 saturated heterocycles. The van der Waals surface area contributed by atoms with Crippen molar-refractivity contribution in [3.8, 4) is 0 Å². The molecule has 0 spiro atoms. The topological polar surface area (TPSA) is 109 Å². The number of pyridine rings is 1. The summed E-state index contributed by atoms with van der Waals surface area (Å²) in [5, 5.41) is 6.21. The van der Waals surface area contributed by atoms with E-state index in [2.05, 4.69) is 30.3 Å². The molecule has 4 rings (SSSR count). The fraction of sp³-hybridized carbons (Fsp3) is 0. The Labute approximate surface area is 178 Å². The molecule has 0 bridgehead atoms. The van der Waals surface area contributed by atoms with E-state index >= 15 is 0 Å². The summed E-state index contributed by atoms with van der Waals surface area (Å²) in [5.74, 6) is 1.27. The van der Waals surface area contributed by atoms with Gasteiger partial charge in [-0.05, 0) is 60.7 Å². The van der Waals surface area contributed by atoms with Crippen molar-refractivity contribution in [3.05, 3.63) is 91.1 Å². The maximum Gasteiger partial charge on any atom is 0.261 e. The van der Waals surface area contributed by atoms with Crippen LogP contribution in [-0.2, 0) is 10.0 Å². The number of sulfonamides is 1. The smallest absolute Gasteiger partial charge is 0.261 e. The number of halogens is 1. The summed E-state index contributed by atoms with van der Waals surface area (Å²) in [6, 6.07) is 18.5. The first kappa shape index (κ1) is 20.2. The molecule has 0 aliphatic heterocycles. The van der Waals surface area contributed by atoms with E-state index in [1.54, 1.807) is 36.5 Å². The largest absolute Gasteiger partial charge is 0.340 e.